The summed E-state index contributed by atoms with van der Waals surface area (Å²) in [6.45, 7) is 4.06. The zero-order valence-electron chi connectivity index (χ0n) is 12.7. The van der Waals surface area contributed by atoms with Crippen molar-refractivity contribution in [2.75, 3.05) is 13.7 Å². The first-order chi connectivity index (χ1) is 9.99. The van der Waals surface area contributed by atoms with Crippen molar-refractivity contribution in [3.8, 4) is 11.8 Å². The fourth-order valence-electron chi connectivity index (χ4n) is 2.18. The Hall–Kier alpha value is -2.13. The lowest BCUT2D eigenvalue weighted by Crippen LogP contribution is -2.41. The molecular weight excluding hydrogens is 270 g/mol. The van der Waals surface area contributed by atoms with Gasteiger partial charge in [0.25, 0.3) is 5.69 Å². The maximum Gasteiger partial charge on any atom is 0.276 e. The molecule has 114 valence electrons. The molecule has 1 rings (SSSR count). The van der Waals surface area contributed by atoms with E-state index in [4.69, 9.17) is 4.74 Å². The van der Waals surface area contributed by atoms with Gasteiger partial charge in [0, 0.05) is 6.07 Å². The van der Waals surface area contributed by atoms with Crippen LogP contribution in [0.1, 0.15) is 31.7 Å². The molecule has 1 N–H and O–H groups in total. The fraction of sp³-hybridized carbons (Fsp3) is 0.533. The van der Waals surface area contributed by atoms with Gasteiger partial charge >= 0.3 is 0 Å². The Labute approximate surface area is 124 Å². The summed E-state index contributed by atoms with van der Waals surface area (Å²) in [5.74, 6) is 0.521. The van der Waals surface area contributed by atoms with Gasteiger partial charge in [-0.25, -0.2) is 0 Å². The molecule has 0 fully saturated rings. The van der Waals surface area contributed by atoms with E-state index in [-0.39, 0.29) is 5.69 Å². The highest BCUT2D eigenvalue weighted by molar-refractivity contribution is 5.48. The number of nitro benzene ring substituents is 1. The van der Waals surface area contributed by atoms with Crippen LogP contribution in [-0.2, 0) is 0 Å². The van der Waals surface area contributed by atoms with E-state index in [0.29, 0.717) is 30.8 Å². The van der Waals surface area contributed by atoms with Crippen molar-refractivity contribution in [2.24, 2.45) is 0 Å². The van der Waals surface area contributed by atoms with E-state index in [1.807, 2.05) is 6.92 Å². The van der Waals surface area contributed by atoms with Crippen LogP contribution in [0.25, 0.3) is 0 Å². The molecular formula is C15H21N3O3. The van der Waals surface area contributed by atoms with Crippen molar-refractivity contribution >= 4 is 5.69 Å². The minimum atomic E-state index is -0.527. The van der Waals surface area contributed by atoms with Gasteiger partial charge in [-0.1, -0.05) is 13.0 Å². The Morgan fingerprint density at radius 1 is 1.52 bits per heavy atom. The Kier molecular flexibility index (Phi) is 6.12. The van der Waals surface area contributed by atoms with Crippen molar-refractivity contribution in [1.29, 1.82) is 5.26 Å². The SMILES string of the molecule is CCC(C#N)(CCCOc1cccc([N+](=O)[O-])c1C)NC. The van der Waals surface area contributed by atoms with Gasteiger partial charge in [0.2, 0.25) is 0 Å². The summed E-state index contributed by atoms with van der Waals surface area (Å²) in [7, 11) is 1.78. The highest BCUT2D eigenvalue weighted by Gasteiger charge is 2.24. The van der Waals surface area contributed by atoms with Gasteiger partial charge < -0.3 is 10.1 Å². The number of benzene rings is 1. The molecule has 0 aliphatic carbocycles. The average Bonchev–Trinajstić information content (AvgIpc) is 2.49. The number of nitrogens with zero attached hydrogens (tertiary/aromatic N) is 2. The zero-order valence-corrected chi connectivity index (χ0v) is 12.7. The second-order valence-corrected chi connectivity index (χ2v) is 4.91. The van der Waals surface area contributed by atoms with Crippen LogP contribution in [0.15, 0.2) is 18.2 Å². The summed E-state index contributed by atoms with van der Waals surface area (Å²) in [4.78, 5) is 10.4. The van der Waals surface area contributed by atoms with Gasteiger partial charge in [-0.15, -0.1) is 0 Å². The molecule has 0 saturated carbocycles. The van der Waals surface area contributed by atoms with Crippen LogP contribution in [0.2, 0.25) is 0 Å². The van der Waals surface area contributed by atoms with Crippen LogP contribution < -0.4 is 10.1 Å². The zero-order chi connectivity index (χ0) is 15.9. The van der Waals surface area contributed by atoms with E-state index in [1.54, 1.807) is 26.1 Å². The van der Waals surface area contributed by atoms with Gasteiger partial charge in [-0.2, -0.15) is 5.26 Å². The highest BCUT2D eigenvalue weighted by atomic mass is 16.6. The molecule has 0 aliphatic rings. The Morgan fingerprint density at radius 2 is 2.24 bits per heavy atom. The normalized spacial score (nSPS) is 13.2. The molecule has 0 saturated heterocycles. The van der Waals surface area contributed by atoms with E-state index in [0.717, 1.165) is 6.42 Å². The highest BCUT2D eigenvalue weighted by Crippen LogP contribution is 2.27. The predicted octanol–water partition coefficient (Wildman–Crippen LogP) is 2.95. The van der Waals surface area contributed by atoms with Crippen LogP contribution >= 0.6 is 0 Å². The van der Waals surface area contributed by atoms with Crippen molar-refractivity contribution in [3.05, 3.63) is 33.9 Å². The van der Waals surface area contributed by atoms with Gasteiger partial charge in [-0.3, -0.25) is 10.1 Å². The summed E-state index contributed by atoms with van der Waals surface area (Å²) in [5, 5.41) is 23.1. The molecule has 0 spiro atoms. The van der Waals surface area contributed by atoms with Gasteiger partial charge in [0.15, 0.2) is 0 Å². The average molecular weight is 291 g/mol. The molecule has 1 aromatic carbocycles. The second kappa shape index (κ2) is 7.60. The van der Waals surface area contributed by atoms with Gasteiger partial charge in [0.1, 0.15) is 11.3 Å². The number of nitrogens with one attached hydrogen (secondary N) is 1. The third-order valence-electron chi connectivity index (χ3n) is 3.75. The monoisotopic (exact) mass is 291 g/mol. The fourth-order valence-corrected chi connectivity index (χ4v) is 2.18. The number of nitro groups is 1. The summed E-state index contributed by atoms with van der Waals surface area (Å²) >= 11 is 0. The standard InChI is InChI=1S/C15H21N3O3/c1-4-15(11-16,17-3)9-6-10-21-14-8-5-7-13(12(14)2)18(19)20/h5,7-8,17H,4,6,9-10H2,1-3H3. The van der Waals surface area contributed by atoms with Crippen LogP contribution in [0.3, 0.4) is 0 Å². The summed E-state index contributed by atoms with van der Waals surface area (Å²) in [5.41, 5.74) is 0.0574. The maximum atomic E-state index is 10.9. The second-order valence-electron chi connectivity index (χ2n) is 4.91. The lowest BCUT2D eigenvalue weighted by molar-refractivity contribution is -0.385. The maximum absolute atomic E-state index is 10.9. The number of hydrogen-bond acceptors (Lipinski definition) is 5. The predicted molar refractivity (Wildman–Crippen MR) is 80.3 cm³/mol. The largest absolute Gasteiger partial charge is 0.493 e. The quantitative estimate of drug-likeness (QED) is 0.452. The lowest BCUT2D eigenvalue weighted by atomic mass is 9.92. The molecule has 0 bridgehead atoms. The molecule has 6 heteroatoms. The van der Waals surface area contributed by atoms with E-state index in [1.165, 1.54) is 6.07 Å². The third kappa shape index (κ3) is 4.17. The topological polar surface area (TPSA) is 88.2 Å². The first-order valence-electron chi connectivity index (χ1n) is 6.96. The number of hydrogen-bond donors (Lipinski definition) is 1. The van der Waals surface area contributed by atoms with Gasteiger partial charge in [0.05, 0.1) is 23.2 Å². The van der Waals surface area contributed by atoms with Crippen LogP contribution in [0.5, 0.6) is 5.75 Å². The van der Waals surface area contributed by atoms with Gasteiger partial charge in [-0.05, 0) is 39.3 Å². The minimum Gasteiger partial charge on any atom is -0.493 e. The molecule has 0 radical (unpaired) electrons. The molecule has 6 nitrogen and oxygen atoms in total. The molecule has 0 heterocycles. The third-order valence-corrected chi connectivity index (χ3v) is 3.75. The molecule has 1 aromatic rings. The van der Waals surface area contributed by atoms with Crippen molar-refractivity contribution < 1.29 is 9.66 Å². The Bertz CT molecular complexity index is 533. The summed E-state index contributed by atoms with van der Waals surface area (Å²) in [6.07, 6.45) is 2.09. The molecule has 0 aliphatic heterocycles. The first-order valence-corrected chi connectivity index (χ1v) is 6.96. The van der Waals surface area contributed by atoms with E-state index in [2.05, 4.69) is 11.4 Å². The Morgan fingerprint density at radius 3 is 2.76 bits per heavy atom. The van der Waals surface area contributed by atoms with Crippen LogP contribution in [0, 0.1) is 28.4 Å². The minimum absolute atomic E-state index is 0.0580. The molecule has 1 unspecified atom stereocenters. The lowest BCUT2D eigenvalue weighted by Gasteiger charge is -2.24. The van der Waals surface area contributed by atoms with E-state index < -0.39 is 10.5 Å². The smallest absolute Gasteiger partial charge is 0.276 e. The van der Waals surface area contributed by atoms with Crippen LogP contribution in [-0.4, -0.2) is 24.1 Å². The molecule has 21 heavy (non-hydrogen) atoms. The van der Waals surface area contributed by atoms with Crippen molar-refractivity contribution in [2.45, 2.75) is 38.6 Å². The van der Waals surface area contributed by atoms with Crippen molar-refractivity contribution in [3.63, 3.8) is 0 Å². The number of nitriles is 1. The summed E-state index contributed by atoms with van der Waals surface area (Å²) < 4.78 is 5.61. The van der Waals surface area contributed by atoms with E-state index >= 15 is 0 Å². The number of rotatable bonds is 8. The van der Waals surface area contributed by atoms with E-state index in [9.17, 15) is 15.4 Å². The first kappa shape index (κ1) is 16.9. The van der Waals surface area contributed by atoms with Crippen LogP contribution in [0.4, 0.5) is 5.69 Å². The molecule has 0 amide bonds. The van der Waals surface area contributed by atoms with Crippen molar-refractivity contribution in [1.82, 2.24) is 5.32 Å². The summed E-state index contributed by atoms with van der Waals surface area (Å²) in [6, 6.07) is 7.08. The number of ether oxygens (including phenoxy) is 1. The Balaban J connectivity index is 2.60. The molecule has 0 aromatic heterocycles. The molecule has 1 atom stereocenters.